The van der Waals surface area contributed by atoms with Crippen LogP contribution in [0.25, 0.3) is 11.3 Å². The maximum absolute atomic E-state index is 13.6. The second-order valence-corrected chi connectivity index (χ2v) is 3.70. The van der Waals surface area contributed by atoms with Crippen molar-refractivity contribution in [3.63, 3.8) is 0 Å². The molecule has 0 spiro atoms. The molecule has 0 radical (unpaired) electrons. The number of pyridine rings is 1. The van der Waals surface area contributed by atoms with Crippen molar-refractivity contribution in [3.8, 4) is 17.3 Å². The number of aromatic nitrogens is 1. The summed E-state index contributed by atoms with van der Waals surface area (Å²) < 4.78 is 26.7. The zero-order valence-electron chi connectivity index (χ0n) is 9.32. The third kappa shape index (κ3) is 2.13. The van der Waals surface area contributed by atoms with Crippen molar-refractivity contribution in [1.29, 1.82) is 5.26 Å². The molecule has 0 saturated heterocycles. The van der Waals surface area contributed by atoms with Crippen molar-refractivity contribution in [2.75, 3.05) is 5.73 Å². The lowest BCUT2D eigenvalue weighted by Crippen LogP contribution is -1.98. The van der Waals surface area contributed by atoms with Crippen LogP contribution in [0.4, 0.5) is 14.5 Å². The molecule has 0 unspecified atom stereocenters. The summed E-state index contributed by atoms with van der Waals surface area (Å²) >= 11 is 0. The molecule has 1 heterocycles. The highest BCUT2D eigenvalue weighted by Crippen LogP contribution is 2.25. The van der Waals surface area contributed by atoms with Crippen molar-refractivity contribution in [2.24, 2.45) is 0 Å². The lowest BCUT2D eigenvalue weighted by Gasteiger charge is -2.06. The number of nitrogens with two attached hydrogens (primary N) is 1. The van der Waals surface area contributed by atoms with Crippen LogP contribution < -0.4 is 5.73 Å². The maximum atomic E-state index is 13.6. The molecule has 5 heteroatoms. The van der Waals surface area contributed by atoms with E-state index in [-0.39, 0.29) is 17.7 Å². The Balaban J connectivity index is 2.55. The molecule has 0 saturated carbocycles. The molecule has 0 atom stereocenters. The predicted octanol–water partition coefficient (Wildman–Crippen LogP) is 2.68. The molecule has 2 N–H and O–H groups in total. The first-order valence-electron chi connectivity index (χ1n) is 5.19. The zero-order chi connectivity index (χ0) is 13.1. The Morgan fingerprint density at radius 3 is 2.83 bits per heavy atom. The second-order valence-electron chi connectivity index (χ2n) is 3.70. The van der Waals surface area contributed by atoms with E-state index in [1.807, 2.05) is 6.07 Å². The van der Waals surface area contributed by atoms with Gasteiger partial charge >= 0.3 is 0 Å². The summed E-state index contributed by atoms with van der Waals surface area (Å²) in [6.45, 7) is 0. The Labute approximate surface area is 103 Å². The number of hydrogen-bond donors (Lipinski definition) is 1. The Hall–Kier alpha value is -2.48. The average molecular weight is 245 g/mol. The van der Waals surface area contributed by atoms with Crippen LogP contribution in [0.3, 0.4) is 0 Å². The van der Waals surface area contributed by atoms with Gasteiger partial charge in [-0.2, -0.15) is 5.26 Å². The molecule has 90 valence electrons. The van der Waals surface area contributed by atoms with E-state index < -0.39 is 11.6 Å². The lowest BCUT2D eigenvalue weighted by atomic mass is 10.1. The Kier molecular flexibility index (Phi) is 3.20. The van der Waals surface area contributed by atoms with Crippen molar-refractivity contribution < 1.29 is 8.78 Å². The summed E-state index contributed by atoms with van der Waals surface area (Å²) in [5, 5.41) is 8.64. The van der Waals surface area contributed by atoms with Crippen LogP contribution in [-0.2, 0) is 6.42 Å². The fourth-order valence-corrected chi connectivity index (χ4v) is 1.59. The van der Waals surface area contributed by atoms with Crippen LogP contribution in [0.15, 0.2) is 30.5 Å². The van der Waals surface area contributed by atoms with Gasteiger partial charge in [-0.15, -0.1) is 0 Å². The number of rotatable bonds is 2. The highest BCUT2D eigenvalue weighted by atomic mass is 19.2. The fourth-order valence-electron chi connectivity index (χ4n) is 1.59. The van der Waals surface area contributed by atoms with E-state index in [0.29, 0.717) is 11.3 Å². The summed E-state index contributed by atoms with van der Waals surface area (Å²) in [4.78, 5) is 3.95. The van der Waals surface area contributed by atoms with Crippen LogP contribution in [0.1, 0.15) is 5.56 Å². The van der Waals surface area contributed by atoms with Crippen LogP contribution in [0.5, 0.6) is 0 Å². The second kappa shape index (κ2) is 4.80. The summed E-state index contributed by atoms with van der Waals surface area (Å²) in [6, 6.07) is 7.31. The van der Waals surface area contributed by atoms with E-state index in [2.05, 4.69) is 4.98 Å². The van der Waals surface area contributed by atoms with Crippen molar-refractivity contribution >= 4 is 5.69 Å². The summed E-state index contributed by atoms with van der Waals surface area (Å²) in [7, 11) is 0. The minimum absolute atomic E-state index is 0.0502. The van der Waals surface area contributed by atoms with Crippen molar-refractivity contribution in [1.82, 2.24) is 4.98 Å². The van der Waals surface area contributed by atoms with Gasteiger partial charge in [-0.3, -0.25) is 4.98 Å². The van der Waals surface area contributed by atoms with Crippen LogP contribution in [0.2, 0.25) is 0 Å². The predicted molar refractivity (Wildman–Crippen MR) is 63.3 cm³/mol. The third-order valence-electron chi connectivity index (χ3n) is 2.52. The first-order valence-corrected chi connectivity index (χ1v) is 5.19. The summed E-state index contributed by atoms with van der Waals surface area (Å²) in [5.74, 6) is -1.90. The minimum atomic E-state index is -0.960. The Bertz CT molecular complexity index is 633. The molecule has 3 nitrogen and oxygen atoms in total. The van der Waals surface area contributed by atoms with Gasteiger partial charge < -0.3 is 5.73 Å². The van der Waals surface area contributed by atoms with Crippen LogP contribution in [-0.4, -0.2) is 4.98 Å². The van der Waals surface area contributed by atoms with Crippen molar-refractivity contribution in [3.05, 3.63) is 47.7 Å². The SMILES string of the molecule is N#CCc1cc(-c2cccc(F)c2F)ncc1N. The van der Waals surface area contributed by atoms with E-state index >= 15 is 0 Å². The molecular weight excluding hydrogens is 236 g/mol. The van der Waals surface area contributed by atoms with E-state index in [9.17, 15) is 8.78 Å². The third-order valence-corrected chi connectivity index (χ3v) is 2.52. The molecule has 1 aromatic heterocycles. The highest BCUT2D eigenvalue weighted by Gasteiger charge is 2.12. The van der Waals surface area contributed by atoms with Crippen LogP contribution >= 0.6 is 0 Å². The molecule has 1 aromatic carbocycles. The number of nitrogen functional groups attached to an aromatic ring is 1. The number of nitriles is 1. The standard InChI is InChI=1S/C13H9F2N3/c14-10-3-1-2-9(13(10)15)12-6-8(4-5-16)11(17)7-18-12/h1-3,6-7H,4,17H2. The number of hydrogen-bond acceptors (Lipinski definition) is 3. The van der Waals surface area contributed by atoms with E-state index in [4.69, 9.17) is 11.0 Å². The van der Waals surface area contributed by atoms with Gasteiger partial charge in [0.1, 0.15) is 0 Å². The molecule has 0 amide bonds. The maximum Gasteiger partial charge on any atom is 0.168 e. The molecular formula is C13H9F2N3. The van der Waals surface area contributed by atoms with Gasteiger partial charge in [0.05, 0.1) is 30.1 Å². The molecule has 0 aliphatic heterocycles. The van der Waals surface area contributed by atoms with Gasteiger partial charge in [-0.05, 0) is 23.8 Å². The monoisotopic (exact) mass is 245 g/mol. The van der Waals surface area contributed by atoms with E-state index in [0.717, 1.165) is 6.07 Å². The first-order chi connectivity index (χ1) is 8.63. The van der Waals surface area contributed by atoms with Gasteiger partial charge in [0.15, 0.2) is 11.6 Å². The number of benzene rings is 1. The lowest BCUT2D eigenvalue weighted by molar-refractivity contribution is 0.511. The molecule has 0 bridgehead atoms. The normalized spacial score (nSPS) is 10.1. The topological polar surface area (TPSA) is 62.7 Å². The molecule has 0 fully saturated rings. The van der Waals surface area contributed by atoms with Gasteiger partial charge in [-0.1, -0.05) is 6.07 Å². The molecule has 0 aliphatic carbocycles. The molecule has 2 rings (SSSR count). The molecule has 2 aromatic rings. The smallest absolute Gasteiger partial charge is 0.168 e. The summed E-state index contributed by atoms with van der Waals surface area (Å²) in [5.41, 5.74) is 6.85. The van der Waals surface area contributed by atoms with Gasteiger partial charge in [0.25, 0.3) is 0 Å². The van der Waals surface area contributed by atoms with Crippen molar-refractivity contribution in [2.45, 2.75) is 6.42 Å². The first kappa shape index (κ1) is 12.0. The minimum Gasteiger partial charge on any atom is -0.397 e. The number of anilines is 1. The molecule has 0 aliphatic rings. The summed E-state index contributed by atoms with van der Waals surface area (Å²) in [6.07, 6.45) is 1.44. The fraction of sp³-hybridized carbons (Fsp3) is 0.0769. The van der Waals surface area contributed by atoms with E-state index in [1.54, 1.807) is 0 Å². The average Bonchev–Trinajstić information content (AvgIpc) is 2.36. The van der Waals surface area contributed by atoms with Gasteiger partial charge in [0, 0.05) is 5.56 Å². The number of nitrogens with zero attached hydrogens (tertiary/aromatic N) is 2. The highest BCUT2D eigenvalue weighted by molar-refractivity contribution is 5.64. The zero-order valence-corrected chi connectivity index (χ0v) is 9.32. The Morgan fingerprint density at radius 1 is 1.33 bits per heavy atom. The quantitative estimate of drug-likeness (QED) is 0.884. The number of halogens is 2. The Morgan fingerprint density at radius 2 is 2.11 bits per heavy atom. The van der Waals surface area contributed by atoms with E-state index in [1.165, 1.54) is 24.4 Å². The largest absolute Gasteiger partial charge is 0.397 e. The van der Waals surface area contributed by atoms with Crippen LogP contribution in [0, 0.1) is 23.0 Å². The van der Waals surface area contributed by atoms with Gasteiger partial charge in [-0.25, -0.2) is 8.78 Å². The van der Waals surface area contributed by atoms with Gasteiger partial charge in [0.2, 0.25) is 0 Å². The molecule has 18 heavy (non-hydrogen) atoms.